The van der Waals surface area contributed by atoms with Gasteiger partial charge in [0, 0.05) is 16.6 Å². The van der Waals surface area contributed by atoms with Gasteiger partial charge in [-0.25, -0.2) is 0 Å². The van der Waals surface area contributed by atoms with Crippen molar-refractivity contribution in [1.29, 1.82) is 0 Å². The van der Waals surface area contributed by atoms with Crippen molar-refractivity contribution in [3.8, 4) is 17.2 Å². The Bertz CT molecular complexity index is 748. The molecule has 0 aliphatic carbocycles. The number of amides is 1. The van der Waals surface area contributed by atoms with Crippen molar-refractivity contribution in [2.45, 2.75) is 13.3 Å². The fourth-order valence-corrected chi connectivity index (χ4v) is 2.76. The topological polar surface area (TPSA) is 56.8 Å². The Morgan fingerprint density at radius 3 is 2.71 bits per heavy atom. The Balaban J connectivity index is 1.55. The van der Waals surface area contributed by atoms with Crippen molar-refractivity contribution in [3.05, 3.63) is 46.4 Å². The van der Waals surface area contributed by atoms with E-state index in [9.17, 15) is 4.79 Å². The van der Waals surface area contributed by atoms with Gasteiger partial charge in [-0.2, -0.15) is 0 Å². The normalized spacial score (nSPS) is 12.6. The van der Waals surface area contributed by atoms with E-state index < -0.39 is 0 Å². The van der Waals surface area contributed by atoms with E-state index >= 15 is 0 Å². The van der Waals surface area contributed by atoms with Crippen LogP contribution in [0.15, 0.2) is 40.9 Å². The molecule has 2 aromatic rings. The molecule has 0 saturated carbocycles. The Hall–Kier alpha value is -2.21. The molecule has 0 saturated heterocycles. The van der Waals surface area contributed by atoms with Crippen LogP contribution in [0.1, 0.15) is 12.0 Å². The molecule has 1 aliphatic rings. The van der Waals surface area contributed by atoms with Crippen LogP contribution in [0.2, 0.25) is 0 Å². The molecule has 0 spiro atoms. The fourth-order valence-electron chi connectivity index (χ4n) is 2.34. The Morgan fingerprint density at radius 1 is 1.21 bits per heavy atom. The minimum atomic E-state index is -0.125. The standard InChI is InChI=1S/C18H18BrNO4/c1-12-3-2-4-13(9-12)22-6-5-18(21)20-15-11-17-16(10-14(15)19)23-7-8-24-17/h2-4,9-11H,5-8H2,1H3,(H,20,21). The number of ether oxygens (including phenoxy) is 3. The molecule has 24 heavy (non-hydrogen) atoms. The molecule has 6 heteroatoms. The molecule has 0 unspecified atom stereocenters. The summed E-state index contributed by atoms with van der Waals surface area (Å²) in [7, 11) is 0. The third-order valence-electron chi connectivity index (χ3n) is 3.49. The molecule has 1 aliphatic heterocycles. The first-order valence-corrected chi connectivity index (χ1v) is 8.49. The summed E-state index contributed by atoms with van der Waals surface area (Å²) in [6.45, 7) is 3.35. The molecule has 3 rings (SSSR count). The number of rotatable bonds is 5. The number of hydrogen-bond acceptors (Lipinski definition) is 4. The van der Waals surface area contributed by atoms with Crippen molar-refractivity contribution in [3.63, 3.8) is 0 Å². The zero-order chi connectivity index (χ0) is 16.9. The van der Waals surface area contributed by atoms with Crippen molar-refractivity contribution < 1.29 is 19.0 Å². The zero-order valence-corrected chi connectivity index (χ0v) is 14.9. The number of hydrogen-bond donors (Lipinski definition) is 1. The summed E-state index contributed by atoms with van der Waals surface area (Å²) in [5.41, 5.74) is 1.77. The summed E-state index contributed by atoms with van der Waals surface area (Å²) in [5, 5.41) is 2.86. The summed E-state index contributed by atoms with van der Waals surface area (Å²) >= 11 is 3.44. The number of aryl methyl sites for hydroxylation is 1. The third kappa shape index (κ3) is 4.20. The van der Waals surface area contributed by atoms with Crippen LogP contribution in [0, 0.1) is 6.92 Å². The SMILES string of the molecule is Cc1cccc(OCCC(=O)Nc2cc3c(cc2Br)OCCO3)c1. The summed E-state index contributed by atoms with van der Waals surface area (Å²) in [5.74, 6) is 1.95. The molecule has 0 bridgehead atoms. The van der Waals surface area contributed by atoms with Crippen LogP contribution < -0.4 is 19.5 Å². The average Bonchev–Trinajstić information content (AvgIpc) is 2.55. The van der Waals surface area contributed by atoms with E-state index in [0.29, 0.717) is 37.0 Å². The van der Waals surface area contributed by atoms with Crippen molar-refractivity contribution >= 4 is 27.5 Å². The van der Waals surface area contributed by atoms with Crippen molar-refractivity contribution in [2.24, 2.45) is 0 Å². The predicted molar refractivity (Wildman–Crippen MR) is 95.1 cm³/mol. The number of benzene rings is 2. The maximum Gasteiger partial charge on any atom is 0.227 e. The second-order valence-corrected chi connectivity index (χ2v) is 6.29. The van der Waals surface area contributed by atoms with Crippen LogP contribution in [-0.4, -0.2) is 25.7 Å². The number of anilines is 1. The van der Waals surface area contributed by atoms with Gasteiger partial charge in [0.25, 0.3) is 0 Å². The largest absolute Gasteiger partial charge is 0.493 e. The van der Waals surface area contributed by atoms with E-state index in [1.54, 1.807) is 12.1 Å². The first kappa shape index (κ1) is 16.6. The van der Waals surface area contributed by atoms with Crippen LogP contribution in [-0.2, 0) is 4.79 Å². The van der Waals surface area contributed by atoms with E-state index in [2.05, 4.69) is 21.2 Å². The van der Waals surface area contributed by atoms with Gasteiger partial charge in [-0.15, -0.1) is 0 Å². The van der Waals surface area contributed by atoms with Gasteiger partial charge in [-0.3, -0.25) is 4.79 Å². The molecule has 5 nitrogen and oxygen atoms in total. The highest BCUT2D eigenvalue weighted by Crippen LogP contribution is 2.38. The number of carbonyl (C=O) groups excluding carboxylic acids is 1. The molecule has 126 valence electrons. The highest BCUT2D eigenvalue weighted by atomic mass is 79.9. The Kier molecular flexibility index (Phi) is 5.25. The molecule has 0 fully saturated rings. The molecule has 0 radical (unpaired) electrons. The Labute approximate surface area is 149 Å². The van der Waals surface area contributed by atoms with E-state index in [-0.39, 0.29) is 12.3 Å². The maximum absolute atomic E-state index is 12.1. The lowest BCUT2D eigenvalue weighted by Gasteiger charge is -2.20. The second-order valence-electron chi connectivity index (χ2n) is 5.44. The predicted octanol–water partition coefficient (Wildman–Crippen LogP) is 3.94. The van der Waals surface area contributed by atoms with Gasteiger partial charge in [0.15, 0.2) is 11.5 Å². The second kappa shape index (κ2) is 7.57. The number of fused-ring (bicyclic) bond motifs is 1. The summed E-state index contributed by atoms with van der Waals surface area (Å²) in [6.07, 6.45) is 0.259. The minimum Gasteiger partial charge on any atom is -0.493 e. The van der Waals surface area contributed by atoms with Gasteiger partial charge in [-0.1, -0.05) is 12.1 Å². The molecular weight excluding hydrogens is 374 g/mol. The molecule has 1 N–H and O–H groups in total. The van der Waals surface area contributed by atoms with Crippen LogP contribution in [0.3, 0.4) is 0 Å². The van der Waals surface area contributed by atoms with Gasteiger partial charge in [0.1, 0.15) is 19.0 Å². The van der Waals surface area contributed by atoms with E-state index in [0.717, 1.165) is 15.8 Å². The summed E-state index contributed by atoms with van der Waals surface area (Å²) in [6, 6.07) is 11.3. The summed E-state index contributed by atoms with van der Waals surface area (Å²) < 4.78 is 17.4. The van der Waals surface area contributed by atoms with Crippen LogP contribution in [0.5, 0.6) is 17.2 Å². The lowest BCUT2D eigenvalue weighted by Crippen LogP contribution is -2.18. The lowest BCUT2D eigenvalue weighted by molar-refractivity contribution is -0.116. The Morgan fingerprint density at radius 2 is 1.96 bits per heavy atom. The van der Waals surface area contributed by atoms with Crippen LogP contribution >= 0.6 is 15.9 Å². The molecule has 1 heterocycles. The molecule has 2 aromatic carbocycles. The number of nitrogens with one attached hydrogen (secondary N) is 1. The third-order valence-corrected chi connectivity index (χ3v) is 4.15. The fraction of sp³-hybridized carbons (Fsp3) is 0.278. The molecule has 0 aromatic heterocycles. The van der Waals surface area contributed by atoms with Gasteiger partial charge in [0.05, 0.1) is 18.7 Å². The average molecular weight is 392 g/mol. The first-order valence-electron chi connectivity index (χ1n) is 7.70. The highest BCUT2D eigenvalue weighted by molar-refractivity contribution is 9.10. The van der Waals surface area contributed by atoms with Crippen LogP contribution in [0.4, 0.5) is 5.69 Å². The first-order chi connectivity index (χ1) is 11.6. The van der Waals surface area contributed by atoms with E-state index in [1.165, 1.54) is 0 Å². The zero-order valence-electron chi connectivity index (χ0n) is 13.3. The smallest absolute Gasteiger partial charge is 0.227 e. The number of carbonyl (C=O) groups is 1. The van der Waals surface area contributed by atoms with Crippen molar-refractivity contribution in [2.75, 3.05) is 25.1 Å². The van der Waals surface area contributed by atoms with E-state index in [1.807, 2.05) is 31.2 Å². The van der Waals surface area contributed by atoms with Crippen molar-refractivity contribution in [1.82, 2.24) is 0 Å². The lowest BCUT2D eigenvalue weighted by atomic mass is 10.2. The summed E-state index contributed by atoms with van der Waals surface area (Å²) in [4.78, 5) is 12.1. The minimum absolute atomic E-state index is 0.125. The molecule has 0 atom stereocenters. The molecular formula is C18H18BrNO4. The molecule has 1 amide bonds. The maximum atomic E-state index is 12.1. The number of halogens is 1. The van der Waals surface area contributed by atoms with Gasteiger partial charge in [0.2, 0.25) is 5.91 Å². The van der Waals surface area contributed by atoms with Gasteiger partial charge in [-0.05, 0) is 40.5 Å². The monoisotopic (exact) mass is 391 g/mol. The van der Waals surface area contributed by atoms with Gasteiger partial charge < -0.3 is 19.5 Å². The quantitative estimate of drug-likeness (QED) is 0.838. The van der Waals surface area contributed by atoms with Crippen LogP contribution in [0.25, 0.3) is 0 Å². The highest BCUT2D eigenvalue weighted by Gasteiger charge is 2.16. The van der Waals surface area contributed by atoms with Gasteiger partial charge >= 0.3 is 0 Å². The van der Waals surface area contributed by atoms with E-state index in [4.69, 9.17) is 14.2 Å².